The van der Waals surface area contributed by atoms with Gasteiger partial charge in [0.2, 0.25) is 11.8 Å². The molecule has 1 unspecified atom stereocenters. The number of carbonyl (C=O) groups excluding carboxylic acids is 2. The number of aliphatic hydroxyl groups excluding tert-OH is 2. The monoisotopic (exact) mass is 762 g/mol. The van der Waals surface area contributed by atoms with Crippen LogP contribution in [-0.2, 0) is 27.3 Å². The van der Waals surface area contributed by atoms with Crippen LogP contribution in [0, 0.1) is 13.8 Å². The summed E-state index contributed by atoms with van der Waals surface area (Å²) in [7, 11) is 0. The first-order valence-corrected chi connectivity index (χ1v) is 20.7. The Morgan fingerprint density at radius 3 is 1.26 bits per heavy atom. The van der Waals surface area contributed by atoms with E-state index in [1.807, 2.05) is 72.7 Å². The Kier molecular flexibility index (Phi) is 55.7. The predicted molar refractivity (Wildman–Crippen MR) is 236 cm³/mol. The van der Waals surface area contributed by atoms with E-state index in [0.717, 1.165) is 50.9 Å². The zero-order valence-corrected chi connectivity index (χ0v) is 37.4. The highest BCUT2D eigenvalue weighted by molar-refractivity contribution is 5.75. The van der Waals surface area contributed by atoms with Gasteiger partial charge < -0.3 is 30.9 Å². The van der Waals surface area contributed by atoms with E-state index in [-0.39, 0.29) is 24.0 Å². The molecule has 8 heteroatoms. The molecular weight excluding hydrogens is 675 g/mol. The molecule has 2 rings (SSSR count). The standard InChI is InChI=1S/C11H15NO.C9H12.C6H14O2.C6H12.C5H11NO.C5H12O.C4H11N/c1-3-11(13)12-8-10-6-4-9(2)5-7-10;1-3-9-6-4-8(2)5-7-9;1-3-6(7)5-8-4-2;1-3-5-6-4-2;1-3-5(7)6-4-2;1-3-5(6)4-2;1-3-5-4-2/h4-7H,3,8H2,1-2H3,(H,12,13);4-7H,3H2,1-2H3;6-7H,3-5H2,1-2H3;5-6H,3-4H2,1-2H3;3-4H2,1-2H3,(H,6,7);5-6H,3-4H2,1-2H3;5H,3-4H2,1-2H3. The van der Waals surface area contributed by atoms with E-state index >= 15 is 0 Å². The molecule has 0 aliphatic carbocycles. The van der Waals surface area contributed by atoms with Gasteiger partial charge in [0.15, 0.2) is 0 Å². The average molecular weight is 762 g/mol. The van der Waals surface area contributed by atoms with Gasteiger partial charge >= 0.3 is 0 Å². The maximum Gasteiger partial charge on any atom is 0.219 e. The molecule has 2 aromatic carbocycles. The van der Waals surface area contributed by atoms with Crippen molar-refractivity contribution in [3.8, 4) is 0 Å². The molecule has 0 fully saturated rings. The number of amides is 2. The van der Waals surface area contributed by atoms with Crippen molar-refractivity contribution in [3.63, 3.8) is 0 Å². The second kappa shape index (κ2) is 50.0. The summed E-state index contributed by atoms with van der Waals surface area (Å²) in [6.07, 6.45) is 11.2. The Balaban J connectivity index is -0.000000178. The molecule has 54 heavy (non-hydrogen) atoms. The van der Waals surface area contributed by atoms with Crippen LogP contribution >= 0.6 is 0 Å². The molecule has 0 radical (unpaired) electrons. The molecule has 2 amide bonds. The highest BCUT2D eigenvalue weighted by Crippen LogP contribution is 2.03. The van der Waals surface area contributed by atoms with E-state index in [1.165, 1.54) is 29.5 Å². The number of ether oxygens (including phenoxy) is 1. The third-order valence-corrected chi connectivity index (χ3v) is 7.22. The fraction of sp³-hybridized carbons (Fsp3) is 0.652. The van der Waals surface area contributed by atoms with E-state index in [4.69, 9.17) is 14.9 Å². The van der Waals surface area contributed by atoms with Crippen LogP contribution in [0.4, 0.5) is 0 Å². The van der Waals surface area contributed by atoms with Crippen LogP contribution in [0.3, 0.4) is 0 Å². The van der Waals surface area contributed by atoms with E-state index < -0.39 is 0 Å². The van der Waals surface area contributed by atoms with Crippen molar-refractivity contribution in [2.45, 2.75) is 167 Å². The van der Waals surface area contributed by atoms with Crippen LogP contribution in [0.5, 0.6) is 0 Å². The van der Waals surface area contributed by atoms with Crippen LogP contribution in [0.25, 0.3) is 0 Å². The normalized spacial score (nSPS) is 10.1. The summed E-state index contributed by atoms with van der Waals surface area (Å²) >= 11 is 0. The SMILES string of the molecule is CCC(=O)NCc1ccc(C)cc1.CCC(O)CC.CCC=CCC.CCNC(=O)CC.CCNCC.CCOCC(O)CC.CCc1ccc(C)cc1. The molecule has 0 heterocycles. The topological polar surface area (TPSA) is 120 Å². The van der Waals surface area contributed by atoms with Gasteiger partial charge in [0.05, 0.1) is 18.8 Å². The first-order valence-electron chi connectivity index (χ1n) is 20.7. The van der Waals surface area contributed by atoms with Gasteiger partial charge in [0, 0.05) is 32.5 Å². The number of allylic oxidation sites excluding steroid dienone is 2. The van der Waals surface area contributed by atoms with Gasteiger partial charge in [-0.1, -0.05) is 141 Å². The molecule has 0 saturated heterocycles. The lowest BCUT2D eigenvalue weighted by Crippen LogP contribution is -2.21. The van der Waals surface area contributed by atoms with Crippen molar-refractivity contribution in [2.75, 3.05) is 32.8 Å². The number of carbonyl (C=O) groups is 2. The van der Waals surface area contributed by atoms with Gasteiger partial charge in [-0.05, 0) is 90.4 Å². The molecule has 0 aliphatic rings. The Hall–Kier alpha value is -3.04. The van der Waals surface area contributed by atoms with Crippen molar-refractivity contribution in [1.29, 1.82) is 0 Å². The highest BCUT2D eigenvalue weighted by Gasteiger charge is 1.97. The molecule has 2 aromatic rings. The van der Waals surface area contributed by atoms with Gasteiger partial charge in [-0.3, -0.25) is 9.59 Å². The lowest BCUT2D eigenvalue weighted by molar-refractivity contribution is -0.121. The fourth-order valence-corrected chi connectivity index (χ4v) is 3.42. The fourth-order valence-electron chi connectivity index (χ4n) is 3.42. The summed E-state index contributed by atoms with van der Waals surface area (Å²) < 4.78 is 4.94. The summed E-state index contributed by atoms with van der Waals surface area (Å²) in [5.41, 5.74) is 5.14. The Morgan fingerprint density at radius 2 is 1.00 bits per heavy atom. The molecule has 5 N–H and O–H groups in total. The minimum absolute atomic E-state index is 0.0648. The summed E-state index contributed by atoms with van der Waals surface area (Å²) in [5, 5.41) is 26.1. The molecule has 316 valence electrons. The van der Waals surface area contributed by atoms with Crippen LogP contribution < -0.4 is 16.0 Å². The predicted octanol–water partition coefficient (Wildman–Crippen LogP) is 10.1. The zero-order chi connectivity index (χ0) is 42.4. The van der Waals surface area contributed by atoms with Crippen molar-refractivity contribution >= 4 is 11.8 Å². The lowest BCUT2D eigenvalue weighted by Gasteiger charge is -2.05. The third kappa shape index (κ3) is 53.3. The summed E-state index contributed by atoms with van der Waals surface area (Å²) in [4.78, 5) is 21.2. The van der Waals surface area contributed by atoms with Gasteiger partial charge in [-0.15, -0.1) is 0 Å². The van der Waals surface area contributed by atoms with Crippen molar-refractivity contribution in [1.82, 2.24) is 16.0 Å². The van der Waals surface area contributed by atoms with Gasteiger partial charge in [-0.2, -0.15) is 0 Å². The van der Waals surface area contributed by atoms with Crippen LogP contribution in [0.15, 0.2) is 60.7 Å². The minimum Gasteiger partial charge on any atom is -0.393 e. The van der Waals surface area contributed by atoms with E-state index in [9.17, 15) is 9.59 Å². The molecule has 0 bridgehead atoms. The van der Waals surface area contributed by atoms with Crippen LogP contribution in [0.1, 0.15) is 150 Å². The molecule has 8 nitrogen and oxygen atoms in total. The lowest BCUT2D eigenvalue weighted by atomic mass is 10.1. The first kappa shape index (κ1) is 60.2. The van der Waals surface area contributed by atoms with Gasteiger partial charge in [-0.25, -0.2) is 0 Å². The molecule has 0 saturated carbocycles. The maximum absolute atomic E-state index is 10.9. The first-order chi connectivity index (χ1) is 25.8. The molecular formula is C46H87N3O5. The second-order valence-corrected chi connectivity index (χ2v) is 12.2. The number of hydrogen-bond acceptors (Lipinski definition) is 6. The number of rotatable bonds is 16. The minimum atomic E-state index is -0.269. The molecule has 0 aromatic heterocycles. The summed E-state index contributed by atoms with van der Waals surface area (Å²) in [5.74, 6) is 0.225. The highest BCUT2D eigenvalue weighted by atomic mass is 16.5. The second-order valence-electron chi connectivity index (χ2n) is 12.2. The van der Waals surface area contributed by atoms with Crippen molar-refractivity contribution in [3.05, 3.63) is 82.9 Å². The van der Waals surface area contributed by atoms with Crippen molar-refractivity contribution < 1.29 is 24.5 Å². The Labute approximate surface area is 334 Å². The number of aliphatic hydroxyl groups is 2. The number of benzene rings is 2. The molecule has 0 spiro atoms. The number of aryl methyl sites for hydroxylation is 3. The Morgan fingerprint density at radius 1 is 0.593 bits per heavy atom. The third-order valence-electron chi connectivity index (χ3n) is 7.22. The van der Waals surface area contributed by atoms with E-state index in [1.54, 1.807) is 0 Å². The largest absolute Gasteiger partial charge is 0.393 e. The molecule has 0 aliphatic heterocycles. The smallest absolute Gasteiger partial charge is 0.219 e. The Bertz CT molecular complexity index is 1030. The van der Waals surface area contributed by atoms with Crippen LogP contribution in [0.2, 0.25) is 0 Å². The van der Waals surface area contributed by atoms with Gasteiger partial charge in [0.25, 0.3) is 0 Å². The van der Waals surface area contributed by atoms with E-state index in [2.05, 4.69) is 101 Å². The van der Waals surface area contributed by atoms with Crippen molar-refractivity contribution in [2.24, 2.45) is 0 Å². The van der Waals surface area contributed by atoms with E-state index in [0.29, 0.717) is 32.6 Å². The number of hydrogen-bond donors (Lipinski definition) is 5. The average Bonchev–Trinajstić information content (AvgIpc) is 3.20. The zero-order valence-electron chi connectivity index (χ0n) is 37.4. The van der Waals surface area contributed by atoms with Crippen LogP contribution in [-0.4, -0.2) is 67.1 Å². The maximum atomic E-state index is 10.9. The quantitative estimate of drug-likeness (QED) is 0.109. The summed E-state index contributed by atoms with van der Waals surface area (Å²) in [6, 6.07) is 16.8. The van der Waals surface area contributed by atoms with Gasteiger partial charge in [0.1, 0.15) is 0 Å². The molecule has 1 atom stereocenters. The summed E-state index contributed by atoms with van der Waals surface area (Å²) in [6.45, 7) is 33.0. The number of nitrogens with one attached hydrogen (secondary N) is 3.